The van der Waals surface area contributed by atoms with E-state index in [2.05, 4.69) is 5.32 Å². The van der Waals surface area contributed by atoms with Gasteiger partial charge in [0.1, 0.15) is 36.6 Å². The zero-order valence-corrected chi connectivity index (χ0v) is 21.5. The van der Waals surface area contributed by atoms with Gasteiger partial charge in [-0.05, 0) is 19.4 Å². The Hall–Kier alpha value is -1.58. The van der Waals surface area contributed by atoms with E-state index in [-0.39, 0.29) is 44.6 Å². The van der Waals surface area contributed by atoms with Crippen molar-refractivity contribution in [2.45, 2.75) is 111 Å². The smallest absolute Gasteiger partial charge is 0.249 e. The van der Waals surface area contributed by atoms with Crippen molar-refractivity contribution in [2.75, 3.05) is 13.1 Å². The van der Waals surface area contributed by atoms with E-state index in [9.17, 15) is 30.3 Å². The third kappa shape index (κ3) is 7.59. The summed E-state index contributed by atoms with van der Waals surface area (Å²) >= 11 is 0. The fourth-order valence-corrected chi connectivity index (χ4v) is 5.02. The Balaban J connectivity index is 1.83. The Morgan fingerprint density at radius 2 is 1.67 bits per heavy atom. The second-order valence-electron chi connectivity index (χ2n) is 10.3. The lowest BCUT2D eigenvalue weighted by atomic mass is 9.83. The molecule has 17 heteroatoms. The van der Waals surface area contributed by atoms with Crippen LogP contribution < -0.4 is 34.0 Å². The highest BCUT2D eigenvalue weighted by Crippen LogP contribution is 2.33. The Bertz CT molecular complexity index is 830. The van der Waals surface area contributed by atoms with Gasteiger partial charge in [-0.3, -0.25) is 10.2 Å². The molecule has 0 aromatic carbocycles. The highest BCUT2D eigenvalue weighted by Gasteiger charge is 2.52. The summed E-state index contributed by atoms with van der Waals surface area (Å²) in [4.78, 5) is 12.4. The first kappa shape index (κ1) is 31.9. The number of amides is 1. The Morgan fingerprint density at radius 1 is 1.00 bits per heavy atom. The summed E-state index contributed by atoms with van der Waals surface area (Å²) < 4.78 is 23.3. The van der Waals surface area contributed by atoms with Crippen LogP contribution in [0.1, 0.15) is 25.7 Å². The lowest BCUT2D eigenvalue weighted by molar-refractivity contribution is -0.294. The van der Waals surface area contributed by atoms with Crippen molar-refractivity contribution >= 4 is 11.7 Å². The predicted molar refractivity (Wildman–Crippen MR) is 133 cm³/mol. The molecule has 3 fully saturated rings. The quantitative estimate of drug-likeness (QED) is 0.0818. The molecule has 1 aliphatic carbocycles. The van der Waals surface area contributed by atoms with Crippen molar-refractivity contribution in [1.82, 2.24) is 5.32 Å². The second-order valence-corrected chi connectivity index (χ2v) is 10.3. The molecule has 1 amide bonds. The van der Waals surface area contributed by atoms with Gasteiger partial charge in [-0.15, -0.1) is 0 Å². The van der Waals surface area contributed by atoms with Gasteiger partial charge in [0.2, 0.25) is 5.91 Å². The van der Waals surface area contributed by atoms with E-state index in [4.69, 9.17) is 53.0 Å². The van der Waals surface area contributed by atoms with Gasteiger partial charge in [0.25, 0.3) is 0 Å². The first-order valence-corrected chi connectivity index (χ1v) is 12.9. The molecule has 3 aliphatic rings. The van der Waals surface area contributed by atoms with E-state index in [0.29, 0.717) is 0 Å². The minimum absolute atomic E-state index is 0.00849. The Labute approximate surface area is 225 Å². The molecule has 2 aliphatic heterocycles. The van der Waals surface area contributed by atoms with Crippen molar-refractivity contribution in [3.63, 3.8) is 0 Å². The number of hydrogen-bond donors (Lipinski definition) is 12. The van der Waals surface area contributed by atoms with E-state index < -0.39 is 91.5 Å². The van der Waals surface area contributed by atoms with E-state index in [1.165, 1.54) is 0 Å². The van der Waals surface area contributed by atoms with Gasteiger partial charge in [-0.2, -0.15) is 0 Å². The zero-order chi connectivity index (χ0) is 29.0. The molecule has 14 atom stereocenters. The highest BCUT2D eigenvalue weighted by atomic mass is 16.7. The molecule has 0 unspecified atom stereocenters. The molecule has 39 heavy (non-hydrogen) atoms. The number of hydrogen-bond acceptors (Lipinski definition) is 15. The molecule has 0 spiro atoms. The first-order chi connectivity index (χ1) is 18.4. The maximum absolute atomic E-state index is 12.4. The molecule has 1 saturated carbocycles. The van der Waals surface area contributed by atoms with Crippen LogP contribution in [-0.2, 0) is 23.7 Å². The Kier molecular flexibility index (Phi) is 11.4. The van der Waals surface area contributed by atoms with Crippen LogP contribution in [0, 0.1) is 5.41 Å². The third-order valence-electron chi connectivity index (χ3n) is 7.27. The number of aliphatic hydroxyl groups excluding tert-OH is 5. The van der Waals surface area contributed by atoms with Crippen LogP contribution in [-0.4, -0.2) is 136 Å². The molecule has 2 heterocycles. The monoisotopic (exact) mass is 565 g/mol. The number of amidine groups is 1. The van der Waals surface area contributed by atoms with Crippen LogP contribution in [0.2, 0.25) is 0 Å². The number of nitrogens with two attached hydrogens (primary N) is 5. The first-order valence-electron chi connectivity index (χ1n) is 12.9. The van der Waals surface area contributed by atoms with E-state index in [1.807, 2.05) is 0 Å². The number of carbonyl (C=O) groups is 1. The summed E-state index contributed by atoms with van der Waals surface area (Å²) in [5.41, 5.74) is 29.0. The summed E-state index contributed by atoms with van der Waals surface area (Å²) in [5.74, 6) is -1.07. The van der Waals surface area contributed by atoms with Gasteiger partial charge in [0, 0.05) is 25.4 Å². The van der Waals surface area contributed by atoms with E-state index in [1.54, 1.807) is 0 Å². The van der Waals surface area contributed by atoms with E-state index in [0.717, 1.165) is 0 Å². The van der Waals surface area contributed by atoms with Crippen LogP contribution in [0.25, 0.3) is 0 Å². The van der Waals surface area contributed by atoms with Gasteiger partial charge in [-0.25, -0.2) is 0 Å². The topological polar surface area (TPSA) is 321 Å². The zero-order valence-electron chi connectivity index (χ0n) is 21.5. The summed E-state index contributed by atoms with van der Waals surface area (Å²) in [6, 6.07) is -2.93. The average Bonchev–Trinajstić information content (AvgIpc) is 3.13. The van der Waals surface area contributed by atoms with Crippen LogP contribution in [0.3, 0.4) is 0 Å². The van der Waals surface area contributed by atoms with Gasteiger partial charge < -0.3 is 78.5 Å². The van der Waals surface area contributed by atoms with Crippen molar-refractivity contribution in [3.8, 4) is 0 Å². The maximum atomic E-state index is 12.4. The molecule has 17 N–H and O–H groups in total. The van der Waals surface area contributed by atoms with Crippen LogP contribution >= 0.6 is 0 Å². The molecule has 17 nitrogen and oxygen atoms in total. The van der Waals surface area contributed by atoms with Crippen LogP contribution in [0.4, 0.5) is 0 Å². The lowest BCUT2D eigenvalue weighted by Gasteiger charge is -2.47. The number of aliphatic hydroxyl groups is 5. The minimum atomic E-state index is -1.59. The maximum Gasteiger partial charge on any atom is 0.249 e. The fourth-order valence-electron chi connectivity index (χ4n) is 5.02. The lowest BCUT2D eigenvalue weighted by Crippen LogP contribution is -2.67. The van der Waals surface area contributed by atoms with Crippen molar-refractivity contribution in [2.24, 2.45) is 28.7 Å². The standard InChI is InChI=1S/C22H43N7O10/c23-2-1-10(30)20(35)29-9-4-8(25)18(38-21-14(28)11(31)3-7(6-24)36-21)19(15(9)32)39-22-17(34)16(33)12(37-22)5-13(26)27/h7-12,14-19,21-22,30-34H,1-6,23-25,28H2,(H3,26,27)(H,29,35)/t7-,8-,9+,10-,11-,12+,14+,15-,16-,17+,18+,19+,21+,22-/m0/s1. The molecule has 226 valence electrons. The molecular weight excluding hydrogens is 522 g/mol. The molecule has 0 bridgehead atoms. The van der Waals surface area contributed by atoms with Crippen molar-refractivity contribution in [3.05, 3.63) is 0 Å². The number of nitrogens with one attached hydrogen (secondary N) is 2. The summed E-state index contributed by atoms with van der Waals surface area (Å²) in [6.45, 7) is 0.139. The summed E-state index contributed by atoms with van der Waals surface area (Å²) in [6.07, 6.45) is -13.9. The molecular formula is C22H43N7O10. The minimum Gasteiger partial charge on any atom is -0.391 e. The second kappa shape index (κ2) is 13.9. The molecule has 2 saturated heterocycles. The van der Waals surface area contributed by atoms with Crippen LogP contribution in [0.5, 0.6) is 0 Å². The fraction of sp³-hybridized carbons (Fsp3) is 0.909. The number of carbonyl (C=O) groups excluding carboxylic acids is 1. The molecule has 3 rings (SSSR count). The van der Waals surface area contributed by atoms with Crippen molar-refractivity contribution < 1.29 is 49.3 Å². The SMILES string of the molecule is N=C(N)C[C@H]1O[C@@H](O[C@@H]2[C@@H](O)[C@H](NC(=O)[C@@H](O)CCN)C[C@H](N)[C@H]2O[C@H]2O[C@H](CN)C[C@H](O)[C@H]2N)[C@H](O)[C@H]1O. The largest absolute Gasteiger partial charge is 0.391 e. The predicted octanol–water partition coefficient (Wildman–Crippen LogP) is -6.42. The summed E-state index contributed by atoms with van der Waals surface area (Å²) in [5, 5.41) is 62.5. The Morgan fingerprint density at radius 3 is 2.28 bits per heavy atom. The number of ether oxygens (including phenoxy) is 4. The van der Waals surface area contributed by atoms with Crippen LogP contribution in [0.15, 0.2) is 0 Å². The van der Waals surface area contributed by atoms with E-state index >= 15 is 0 Å². The van der Waals surface area contributed by atoms with Gasteiger partial charge in [0.15, 0.2) is 12.6 Å². The van der Waals surface area contributed by atoms with Gasteiger partial charge in [-0.1, -0.05) is 0 Å². The molecule has 0 aromatic heterocycles. The number of rotatable bonds is 11. The van der Waals surface area contributed by atoms with Gasteiger partial charge in [0.05, 0.1) is 36.2 Å². The summed E-state index contributed by atoms with van der Waals surface area (Å²) in [7, 11) is 0. The third-order valence-corrected chi connectivity index (χ3v) is 7.27. The van der Waals surface area contributed by atoms with Gasteiger partial charge >= 0.3 is 0 Å². The molecule has 0 aromatic rings. The van der Waals surface area contributed by atoms with Crippen molar-refractivity contribution in [1.29, 1.82) is 5.41 Å². The average molecular weight is 566 g/mol. The highest BCUT2D eigenvalue weighted by molar-refractivity contribution is 5.80. The normalized spacial score (nSPS) is 43.7. The molecule has 0 radical (unpaired) electrons.